The first-order valence-corrected chi connectivity index (χ1v) is 19.7. The lowest BCUT2D eigenvalue weighted by Gasteiger charge is -2.26. The number of carbonyl (C=O) groups excluding carboxylic acids is 2. The number of rotatable bonds is 16. The molecular formula is C48H52N6O3. The van der Waals surface area contributed by atoms with Gasteiger partial charge in [0.25, 0.3) is 0 Å². The van der Waals surface area contributed by atoms with Gasteiger partial charge in [-0.3, -0.25) is 9.59 Å². The number of allylic oxidation sites excluding steroid dienone is 1. The molecule has 1 atom stereocenters. The second kappa shape index (κ2) is 18.5. The third-order valence-corrected chi connectivity index (χ3v) is 10.6. The summed E-state index contributed by atoms with van der Waals surface area (Å²) in [6.45, 7) is 12.0. The number of aromatic amines is 1. The van der Waals surface area contributed by atoms with E-state index in [9.17, 15) is 9.59 Å². The maximum Gasteiger partial charge on any atom is 0.227 e. The molecule has 0 saturated carbocycles. The average molecular weight is 761 g/mol. The van der Waals surface area contributed by atoms with Gasteiger partial charge in [0, 0.05) is 24.0 Å². The summed E-state index contributed by atoms with van der Waals surface area (Å²) in [7, 11) is 0. The van der Waals surface area contributed by atoms with Crippen LogP contribution in [0.2, 0.25) is 0 Å². The van der Waals surface area contributed by atoms with E-state index in [4.69, 9.17) is 21.9 Å². The van der Waals surface area contributed by atoms with Crippen LogP contribution in [0, 0.1) is 24.4 Å². The standard InChI is InChI=1S/C48H52N6O3/c1-7-22-53(46(55)25-35-12-10-9-11-13-35)30-44(49)50-29-33(5)36-14-15-38-27-39(17-16-37(38)26-36)40-18-20-42-41(28-40)19-21-43-47(42)52-45(51-43)31-54(23-24-57-8-2)48(56)34(6)32(3)4/h2,9-21,26-29,32,34H,7,22-25,30-31H2,1,3-6H3,(H2,49,50)(H,51,52)/b33-29+/t34-/m0/s1. The van der Waals surface area contributed by atoms with E-state index < -0.39 is 0 Å². The van der Waals surface area contributed by atoms with Gasteiger partial charge in [-0.15, -0.1) is 0 Å². The van der Waals surface area contributed by atoms with Gasteiger partial charge in [-0.1, -0.05) is 107 Å². The number of ether oxygens (including phenoxy) is 1. The van der Waals surface area contributed by atoms with E-state index in [0.29, 0.717) is 37.7 Å². The van der Waals surface area contributed by atoms with Crippen LogP contribution >= 0.6 is 0 Å². The average Bonchev–Trinajstić information content (AvgIpc) is 3.64. The number of imidazole rings is 1. The summed E-state index contributed by atoms with van der Waals surface area (Å²) in [4.78, 5) is 42.8. The van der Waals surface area contributed by atoms with Gasteiger partial charge in [0.05, 0.1) is 37.1 Å². The van der Waals surface area contributed by atoms with Crippen LogP contribution in [0.5, 0.6) is 0 Å². The number of nitrogens with one attached hydrogen (secondary N) is 1. The van der Waals surface area contributed by atoms with Crippen molar-refractivity contribution in [2.45, 2.75) is 54.0 Å². The molecule has 5 aromatic carbocycles. The molecule has 0 unspecified atom stereocenters. The van der Waals surface area contributed by atoms with E-state index in [2.05, 4.69) is 83.7 Å². The molecule has 9 heteroatoms. The Morgan fingerprint density at radius 3 is 2.35 bits per heavy atom. The second-order valence-electron chi connectivity index (χ2n) is 15.0. The third-order valence-electron chi connectivity index (χ3n) is 10.6. The van der Waals surface area contributed by atoms with Crippen LogP contribution in [0.3, 0.4) is 0 Å². The Hall–Kier alpha value is -6.40. The maximum atomic E-state index is 13.3. The van der Waals surface area contributed by atoms with Crippen LogP contribution in [0.15, 0.2) is 108 Å². The van der Waals surface area contributed by atoms with Crippen molar-refractivity contribution in [2.24, 2.45) is 22.6 Å². The Morgan fingerprint density at radius 2 is 1.61 bits per heavy atom. The number of hydrogen-bond acceptors (Lipinski definition) is 5. The molecule has 0 aliphatic heterocycles. The number of benzene rings is 5. The minimum Gasteiger partial charge on any atom is -0.445 e. The van der Waals surface area contributed by atoms with Gasteiger partial charge < -0.3 is 25.3 Å². The van der Waals surface area contributed by atoms with Crippen molar-refractivity contribution < 1.29 is 14.3 Å². The van der Waals surface area contributed by atoms with Crippen LogP contribution in [-0.2, 0) is 27.3 Å². The summed E-state index contributed by atoms with van der Waals surface area (Å²) in [5.74, 6) is 1.27. The minimum absolute atomic E-state index is 0.0391. The summed E-state index contributed by atoms with van der Waals surface area (Å²) in [6.07, 6.45) is 10.4. The lowest BCUT2D eigenvalue weighted by atomic mass is 9.96. The van der Waals surface area contributed by atoms with Gasteiger partial charge in [-0.05, 0) is 87.5 Å². The third kappa shape index (κ3) is 9.89. The lowest BCUT2D eigenvalue weighted by molar-refractivity contribution is -0.137. The van der Waals surface area contributed by atoms with Crippen molar-refractivity contribution in [1.82, 2.24) is 19.8 Å². The van der Waals surface area contributed by atoms with E-state index in [1.54, 1.807) is 16.0 Å². The highest BCUT2D eigenvalue weighted by atomic mass is 16.5. The summed E-state index contributed by atoms with van der Waals surface area (Å²) >= 11 is 0. The molecule has 0 fully saturated rings. The SMILES string of the molecule is C#COCCN(Cc1nc2c(ccc3cc(-c4ccc5cc(/C(C)=C/N=C(N)CN(CCC)C(=O)Cc6ccccc6)ccc5c4)ccc32)[nH]1)C(=O)[C@@H](C)C(C)C. The smallest absolute Gasteiger partial charge is 0.227 e. The molecule has 0 radical (unpaired) electrons. The first-order chi connectivity index (χ1) is 27.5. The molecule has 0 aliphatic carbocycles. The number of amidine groups is 1. The molecule has 0 spiro atoms. The van der Waals surface area contributed by atoms with Crippen LogP contribution in [0.25, 0.3) is 49.3 Å². The molecule has 1 heterocycles. The molecule has 6 rings (SSSR count). The van der Waals surface area contributed by atoms with E-state index in [-0.39, 0.29) is 36.8 Å². The van der Waals surface area contributed by atoms with Gasteiger partial charge in [-0.25, -0.2) is 9.98 Å². The number of nitrogens with zero attached hydrogens (tertiary/aromatic N) is 4. The molecule has 1 aromatic heterocycles. The summed E-state index contributed by atoms with van der Waals surface area (Å²) in [5.41, 5.74) is 13.4. The van der Waals surface area contributed by atoms with Crippen molar-refractivity contribution >= 4 is 55.8 Å². The van der Waals surface area contributed by atoms with Crippen molar-refractivity contribution in [1.29, 1.82) is 0 Å². The fraction of sp³-hybridized carbons (Fsp3) is 0.292. The first-order valence-electron chi connectivity index (χ1n) is 19.7. The molecule has 57 heavy (non-hydrogen) atoms. The quantitative estimate of drug-likeness (QED) is 0.0442. The number of nitrogens with two attached hydrogens (primary N) is 1. The molecule has 0 saturated heterocycles. The number of H-pyrrole nitrogens is 1. The molecule has 292 valence electrons. The highest BCUT2D eigenvalue weighted by molar-refractivity contribution is 6.05. The van der Waals surface area contributed by atoms with Crippen LogP contribution in [-0.4, -0.2) is 63.7 Å². The number of fused-ring (bicyclic) bond motifs is 4. The van der Waals surface area contributed by atoms with Crippen molar-refractivity contribution in [3.63, 3.8) is 0 Å². The zero-order chi connectivity index (χ0) is 40.5. The van der Waals surface area contributed by atoms with E-state index >= 15 is 0 Å². The van der Waals surface area contributed by atoms with Crippen molar-refractivity contribution in [2.75, 3.05) is 26.2 Å². The molecular weight excluding hydrogens is 709 g/mol. The van der Waals surface area contributed by atoms with Crippen LogP contribution < -0.4 is 5.73 Å². The highest BCUT2D eigenvalue weighted by Crippen LogP contribution is 2.32. The number of amides is 2. The number of hydrogen-bond donors (Lipinski definition) is 2. The first kappa shape index (κ1) is 40.3. The Balaban J connectivity index is 1.16. The summed E-state index contributed by atoms with van der Waals surface area (Å²) in [5, 5.41) is 4.37. The van der Waals surface area contributed by atoms with Crippen molar-refractivity contribution in [3.8, 4) is 23.7 Å². The highest BCUT2D eigenvalue weighted by Gasteiger charge is 2.24. The molecule has 9 nitrogen and oxygen atoms in total. The topological polar surface area (TPSA) is 117 Å². The van der Waals surface area contributed by atoms with Crippen LogP contribution in [0.4, 0.5) is 0 Å². The molecule has 0 bridgehead atoms. The Kier molecular flexibility index (Phi) is 13.1. The van der Waals surface area contributed by atoms with E-state index in [1.807, 2.05) is 64.1 Å². The number of carbonyl (C=O) groups is 2. The number of aliphatic imine (C=N–C) groups is 1. The Morgan fingerprint density at radius 1 is 0.912 bits per heavy atom. The predicted molar refractivity (Wildman–Crippen MR) is 233 cm³/mol. The Bertz CT molecular complexity index is 2480. The zero-order valence-electron chi connectivity index (χ0n) is 33.6. The van der Waals surface area contributed by atoms with E-state index in [0.717, 1.165) is 66.8 Å². The zero-order valence-corrected chi connectivity index (χ0v) is 33.6. The fourth-order valence-corrected chi connectivity index (χ4v) is 6.95. The maximum absolute atomic E-state index is 13.3. The summed E-state index contributed by atoms with van der Waals surface area (Å²) < 4.78 is 5.13. The largest absolute Gasteiger partial charge is 0.445 e. The second-order valence-corrected chi connectivity index (χ2v) is 15.0. The number of aromatic nitrogens is 2. The van der Waals surface area contributed by atoms with Crippen molar-refractivity contribution in [3.05, 3.63) is 120 Å². The molecule has 2 amide bonds. The number of terminal acetylenes is 1. The van der Waals surface area contributed by atoms with Gasteiger partial charge in [-0.2, -0.15) is 0 Å². The van der Waals surface area contributed by atoms with E-state index in [1.165, 1.54) is 0 Å². The molecule has 0 aliphatic rings. The van der Waals surface area contributed by atoms with Crippen LogP contribution in [0.1, 0.15) is 58.0 Å². The molecule has 6 aromatic rings. The summed E-state index contributed by atoms with van der Waals surface area (Å²) in [6, 6.07) is 33.3. The van der Waals surface area contributed by atoms with Gasteiger partial charge >= 0.3 is 0 Å². The lowest BCUT2D eigenvalue weighted by Crippen LogP contribution is -2.39. The van der Waals surface area contributed by atoms with Gasteiger partial charge in [0.1, 0.15) is 24.4 Å². The van der Waals surface area contributed by atoms with Gasteiger partial charge in [0.15, 0.2) is 0 Å². The predicted octanol–water partition coefficient (Wildman–Crippen LogP) is 8.96. The van der Waals surface area contributed by atoms with Gasteiger partial charge in [0.2, 0.25) is 11.8 Å². The Labute approximate surface area is 335 Å². The normalized spacial score (nSPS) is 12.6. The molecule has 3 N–H and O–H groups in total. The fourth-order valence-electron chi connectivity index (χ4n) is 6.95. The monoisotopic (exact) mass is 760 g/mol. The minimum atomic E-state index is -0.139.